The maximum Gasteiger partial charge on any atom is 0.205 e. The number of halogens is 2. The summed E-state index contributed by atoms with van der Waals surface area (Å²) in [6.07, 6.45) is 1.81. The summed E-state index contributed by atoms with van der Waals surface area (Å²) in [6, 6.07) is 5.39. The van der Waals surface area contributed by atoms with E-state index in [9.17, 15) is 0 Å². The SMILES string of the molecule is Cc1cn(-c2cccc(Cl)c2Cl)c(N)n1. The Balaban J connectivity index is 2.64. The molecule has 0 unspecified atom stereocenters. The first kappa shape index (κ1) is 10.3. The second-order valence-corrected chi connectivity index (χ2v) is 3.97. The van der Waals surface area contributed by atoms with Gasteiger partial charge in [0.15, 0.2) is 0 Å². The fourth-order valence-corrected chi connectivity index (χ4v) is 1.77. The topological polar surface area (TPSA) is 43.8 Å². The highest BCUT2D eigenvalue weighted by atomic mass is 35.5. The predicted octanol–water partition coefficient (Wildman–Crippen LogP) is 3.07. The van der Waals surface area contributed by atoms with Gasteiger partial charge in [0.05, 0.1) is 21.4 Å². The molecule has 0 fully saturated rings. The fraction of sp³-hybridized carbons (Fsp3) is 0.100. The second kappa shape index (κ2) is 3.76. The number of hydrogen-bond donors (Lipinski definition) is 1. The zero-order valence-corrected chi connectivity index (χ0v) is 9.55. The average Bonchev–Trinajstić information content (AvgIpc) is 2.50. The first-order valence-corrected chi connectivity index (χ1v) is 5.11. The van der Waals surface area contributed by atoms with Gasteiger partial charge in [-0.2, -0.15) is 0 Å². The lowest BCUT2D eigenvalue weighted by molar-refractivity contribution is 1.07. The number of hydrogen-bond acceptors (Lipinski definition) is 2. The average molecular weight is 242 g/mol. The maximum absolute atomic E-state index is 6.07. The molecule has 2 N–H and O–H groups in total. The van der Waals surface area contributed by atoms with E-state index in [2.05, 4.69) is 4.98 Å². The van der Waals surface area contributed by atoms with Crippen LogP contribution in [0.2, 0.25) is 10.0 Å². The predicted molar refractivity (Wildman–Crippen MR) is 62.7 cm³/mol. The van der Waals surface area contributed by atoms with Crippen LogP contribution in [0.3, 0.4) is 0 Å². The molecule has 3 nitrogen and oxygen atoms in total. The number of nitrogens with zero attached hydrogens (tertiary/aromatic N) is 2. The molecule has 0 saturated heterocycles. The Kier molecular flexibility index (Phi) is 2.59. The van der Waals surface area contributed by atoms with E-state index in [1.807, 2.05) is 25.3 Å². The standard InChI is InChI=1S/C10H9Cl2N3/c1-6-5-15(10(13)14-6)8-4-2-3-7(11)9(8)12/h2-5H,1H3,(H2,13,14). The highest BCUT2D eigenvalue weighted by Gasteiger charge is 2.09. The molecule has 5 heteroatoms. The van der Waals surface area contributed by atoms with E-state index in [0.29, 0.717) is 16.0 Å². The highest BCUT2D eigenvalue weighted by molar-refractivity contribution is 6.43. The molecule has 0 aliphatic heterocycles. The second-order valence-electron chi connectivity index (χ2n) is 3.18. The maximum atomic E-state index is 6.07. The van der Waals surface area contributed by atoms with Gasteiger partial charge >= 0.3 is 0 Å². The number of anilines is 1. The Morgan fingerprint density at radius 1 is 1.33 bits per heavy atom. The van der Waals surface area contributed by atoms with Gasteiger partial charge in [-0.3, -0.25) is 4.57 Å². The highest BCUT2D eigenvalue weighted by Crippen LogP contribution is 2.29. The zero-order chi connectivity index (χ0) is 11.0. The quantitative estimate of drug-likeness (QED) is 0.835. The molecule has 1 aromatic carbocycles. The van der Waals surface area contributed by atoms with E-state index in [4.69, 9.17) is 28.9 Å². The van der Waals surface area contributed by atoms with Gasteiger partial charge in [-0.25, -0.2) is 4.98 Å². The van der Waals surface area contributed by atoms with E-state index in [0.717, 1.165) is 11.4 Å². The Hall–Kier alpha value is -1.19. The van der Waals surface area contributed by atoms with Crippen LogP contribution in [0.4, 0.5) is 5.95 Å². The van der Waals surface area contributed by atoms with E-state index in [-0.39, 0.29) is 0 Å². The van der Waals surface area contributed by atoms with Crippen molar-refractivity contribution in [3.63, 3.8) is 0 Å². The smallest absolute Gasteiger partial charge is 0.205 e. The van der Waals surface area contributed by atoms with Crippen LogP contribution in [-0.4, -0.2) is 9.55 Å². The van der Waals surface area contributed by atoms with Crippen LogP contribution in [0.1, 0.15) is 5.69 Å². The van der Waals surface area contributed by atoms with Crippen molar-refractivity contribution in [1.29, 1.82) is 0 Å². The van der Waals surface area contributed by atoms with Crippen molar-refractivity contribution in [2.75, 3.05) is 5.73 Å². The van der Waals surface area contributed by atoms with Crippen LogP contribution in [-0.2, 0) is 0 Å². The van der Waals surface area contributed by atoms with Crippen LogP contribution >= 0.6 is 23.2 Å². The lowest BCUT2D eigenvalue weighted by Gasteiger charge is -2.07. The number of nitrogen functional groups attached to an aromatic ring is 1. The van der Waals surface area contributed by atoms with Crippen LogP contribution in [0, 0.1) is 6.92 Å². The molecule has 2 aromatic rings. The van der Waals surface area contributed by atoms with Gasteiger partial charge in [-0.15, -0.1) is 0 Å². The number of rotatable bonds is 1. The molecule has 1 aromatic heterocycles. The minimum Gasteiger partial charge on any atom is -0.369 e. The normalized spacial score (nSPS) is 10.6. The van der Waals surface area contributed by atoms with E-state index >= 15 is 0 Å². The van der Waals surface area contributed by atoms with Crippen molar-refractivity contribution < 1.29 is 0 Å². The van der Waals surface area contributed by atoms with Crippen LogP contribution in [0.15, 0.2) is 24.4 Å². The summed E-state index contributed by atoms with van der Waals surface area (Å²) in [7, 11) is 0. The Labute approximate surface area is 97.4 Å². The summed E-state index contributed by atoms with van der Waals surface area (Å²) in [4.78, 5) is 4.10. The summed E-state index contributed by atoms with van der Waals surface area (Å²) in [5, 5.41) is 0.975. The molecule has 0 radical (unpaired) electrons. The van der Waals surface area contributed by atoms with E-state index in [1.165, 1.54) is 0 Å². The van der Waals surface area contributed by atoms with Gasteiger partial charge in [0.2, 0.25) is 5.95 Å². The van der Waals surface area contributed by atoms with Crippen molar-refractivity contribution >= 4 is 29.2 Å². The third-order valence-corrected chi connectivity index (χ3v) is 2.85. The number of aromatic nitrogens is 2. The van der Waals surface area contributed by atoms with Crippen molar-refractivity contribution in [2.45, 2.75) is 6.92 Å². The first-order valence-electron chi connectivity index (χ1n) is 4.35. The molecular weight excluding hydrogens is 233 g/mol. The number of aryl methyl sites for hydroxylation is 1. The van der Waals surface area contributed by atoms with E-state index < -0.39 is 0 Å². The largest absolute Gasteiger partial charge is 0.369 e. The molecule has 0 amide bonds. The third kappa shape index (κ3) is 1.80. The molecule has 0 spiro atoms. The van der Waals surface area contributed by atoms with Gasteiger partial charge in [-0.05, 0) is 19.1 Å². The van der Waals surface area contributed by atoms with Gasteiger partial charge in [0.25, 0.3) is 0 Å². The number of benzene rings is 1. The molecule has 15 heavy (non-hydrogen) atoms. The minimum atomic E-state index is 0.400. The molecule has 2 rings (SSSR count). The van der Waals surface area contributed by atoms with Crippen LogP contribution < -0.4 is 5.73 Å². The Morgan fingerprint density at radius 2 is 2.07 bits per heavy atom. The van der Waals surface area contributed by atoms with Gasteiger partial charge in [0.1, 0.15) is 0 Å². The molecular formula is C10H9Cl2N3. The lowest BCUT2D eigenvalue weighted by Crippen LogP contribution is -2.00. The van der Waals surface area contributed by atoms with E-state index in [1.54, 1.807) is 10.6 Å². The minimum absolute atomic E-state index is 0.400. The van der Waals surface area contributed by atoms with Gasteiger partial charge in [0, 0.05) is 6.20 Å². The van der Waals surface area contributed by atoms with Crippen LogP contribution in [0.5, 0.6) is 0 Å². The van der Waals surface area contributed by atoms with Crippen LogP contribution in [0.25, 0.3) is 5.69 Å². The summed E-state index contributed by atoms with van der Waals surface area (Å²) in [5.41, 5.74) is 7.32. The van der Waals surface area contributed by atoms with Crippen molar-refractivity contribution in [2.24, 2.45) is 0 Å². The molecule has 0 atom stereocenters. The first-order chi connectivity index (χ1) is 7.09. The fourth-order valence-electron chi connectivity index (χ4n) is 1.39. The Morgan fingerprint density at radius 3 is 2.67 bits per heavy atom. The van der Waals surface area contributed by atoms with Crippen molar-refractivity contribution in [1.82, 2.24) is 9.55 Å². The summed E-state index contributed by atoms with van der Waals surface area (Å²) in [5.74, 6) is 0.400. The molecule has 0 aliphatic carbocycles. The Bertz CT molecular complexity index is 505. The number of nitrogens with two attached hydrogens (primary N) is 1. The van der Waals surface area contributed by atoms with Gasteiger partial charge in [-0.1, -0.05) is 29.3 Å². The zero-order valence-electron chi connectivity index (χ0n) is 8.04. The molecule has 1 heterocycles. The summed E-state index contributed by atoms with van der Waals surface area (Å²) in [6.45, 7) is 1.87. The molecule has 0 bridgehead atoms. The molecule has 0 aliphatic rings. The third-order valence-electron chi connectivity index (χ3n) is 2.04. The number of imidazole rings is 1. The van der Waals surface area contributed by atoms with Crippen molar-refractivity contribution in [3.8, 4) is 5.69 Å². The lowest BCUT2D eigenvalue weighted by atomic mass is 10.3. The van der Waals surface area contributed by atoms with Gasteiger partial charge < -0.3 is 5.73 Å². The molecule has 78 valence electrons. The molecule has 0 saturated carbocycles. The summed E-state index contributed by atoms with van der Waals surface area (Å²) >= 11 is 12.0. The summed E-state index contributed by atoms with van der Waals surface area (Å²) < 4.78 is 1.71. The van der Waals surface area contributed by atoms with Crippen molar-refractivity contribution in [3.05, 3.63) is 40.1 Å². The monoisotopic (exact) mass is 241 g/mol.